The van der Waals surface area contributed by atoms with Gasteiger partial charge in [0.25, 0.3) is 0 Å². The molecule has 1 aliphatic rings. The van der Waals surface area contributed by atoms with Gasteiger partial charge in [-0.05, 0) is 18.2 Å². The summed E-state index contributed by atoms with van der Waals surface area (Å²) in [6.07, 6.45) is -4.44. The van der Waals surface area contributed by atoms with Crippen molar-refractivity contribution in [2.24, 2.45) is 5.92 Å². The summed E-state index contributed by atoms with van der Waals surface area (Å²) >= 11 is 0. The predicted molar refractivity (Wildman–Crippen MR) is 58.9 cm³/mol. The van der Waals surface area contributed by atoms with Gasteiger partial charge in [-0.1, -0.05) is 0 Å². The largest absolute Gasteiger partial charge is 0.416 e. The number of anilines is 1. The molecule has 0 amide bonds. The van der Waals surface area contributed by atoms with Crippen molar-refractivity contribution in [1.29, 1.82) is 5.26 Å². The van der Waals surface area contributed by atoms with E-state index in [4.69, 9.17) is 10.4 Å². The second-order valence-electron chi connectivity index (χ2n) is 4.30. The van der Waals surface area contributed by atoms with Crippen LogP contribution in [0.25, 0.3) is 0 Å². The maximum absolute atomic E-state index is 12.5. The van der Waals surface area contributed by atoms with Crippen LogP contribution in [0.15, 0.2) is 18.2 Å². The zero-order valence-electron chi connectivity index (χ0n) is 9.41. The minimum atomic E-state index is -4.44. The Hall–Kier alpha value is -1.74. The number of aliphatic hydroxyl groups excluding tert-OH is 1. The molecular formula is C12H11F3N2O. The van der Waals surface area contributed by atoms with Gasteiger partial charge < -0.3 is 10.0 Å². The third-order valence-electron chi connectivity index (χ3n) is 3.00. The molecule has 0 radical (unpaired) electrons. The minimum Gasteiger partial charge on any atom is -0.396 e. The molecule has 1 aliphatic heterocycles. The van der Waals surface area contributed by atoms with Gasteiger partial charge in [0.1, 0.15) is 6.07 Å². The Balaban J connectivity index is 2.26. The highest BCUT2D eigenvalue weighted by molar-refractivity contribution is 5.62. The first kappa shape index (κ1) is 12.7. The van der Waals surface area contributed by atoms with Crippen molar-refractivity contribution in [2.45, 2.75) is 6.18 Å². The average molecular weight is 256 g/mol. The van der Waals surface area contributed by atoms with Crippen LogP contribution in [-0.2, 0) is 6.18 Å². The van der Waals surface area contributed by atoms with Crippen LogP contribution in [0.4, 0.5) is 18.9 Å². The van der Waals surface area contributed by atoms with Crippen LogP contribution in [-0.4, -0.2) is 24.8 Å². The molecule has 6 heteroatoms. The molecule has 2 rings (SSSR count). The van der Waals surface area contributed by atoms with Crippen molar-refractivity contribution >= 4 is 5.69 Å². The van der Waals surface area contributed by atoms with E-state index in [2.05, 4.69) is 0 Å². The van der Waals surface area contributed by atoms with Gasteiger partial charge in [-0.15, -0.1) is 0 Å². The Morgan fingerprint density at radius 1 is 1.39 bits per heavy atom. The highest BCUT2D eigenvalue weighted by atomic mass is 19.4. The van der Waals surface area contributed by atoms with E-state index < -0.39 is 11.7 Å². The fraction of sp³-hybridized carbons (Fsp3) is 0.417. The van der Waals surface area contributed by atoms with Crippen LogP contribution in [0, 0.1) is 17.2 Å². The lowest BCUT2D eigenvalue weighted by atomic mass is 9.98. The van der Waals surface area contributed by atoms with Gasteiger partial charge in [0.15, 0.2) is 0 Å². The number of rotatable bonds is 2. The first-order chi connectivity index (χ1) is 8.45. The lowest BCUT2D eigenvalue weighted by molar-refractivity contribution is -0.137. The summed E-state index contributed by atoms with van der Waals surface area (Å²) in [6, 6.07) is 4.94. The molecule has 1 heterocycles. The quantitative estimate of drug-likeness (QED) is 0.880. The van der Waals surface area contributed by atoms with Gasteiger partial charge >= 0.3 is 6.18 Å². The van der Waals surface area contributed by atoms with Gasteiger partial charge in [0.05, 0.1) is 16.8 Å². The number of hydrogen-bond donors (Lipinski definition) is 1. The van der Waals surface area contributed by atoms with E-state index in [1.165, 1.54) is 6.07 Å². The number of nitrogens with zero attached hydrogens (tertiary/aromatic N) is 2. The standard InChI is InChI=1S/C12H11F3N2O/c13-12(14,15)10-1-2-11(9(3-10)4-16)17-5-8(6-17)7-18/h1-3,8,18H,5-7H2. The van der Waals surface area contributed by atoms with Gasteiger partial charge in [-0.25, -0.2) is 0 Å². The van der Waals surface area contributed by atoms with Crippen LogP contribution < -0.4 is 4.90 Å². The van der Waals surface area contributed by atoms with Crippen molar-refractivity contribution in [2.75, 3.05) is 24.6 Å². The summed E-state index contributed by atoms with van der Waals surface area (Å²) in [6.45, 7) is 1.19. The second kappa shape index (κ2) is 4.50. The number of alkyl halides is 3. The fourth-order valence-corrected chi connectivity index (χ4v) is 1.96. The van der Waals surface area contributed by atoms with E-state index in [-0.39, 0.29) is 18.1 Å². The van der Waals surface area contributed by atoms with Crippen LogP contribution >= 0.6 is 0 Å². The number of hydrogen-bond acceptors (Lipinski definition) is 3. The predicted octanol–water partition coefficient (Wildman–Crippen LogP) is 2.01. The summed E-state index contributed by atoms with van der Waals surface area (Å²) in [5, 5.41) is 17.8. The molecule has 96 valence electrons. The molecule has 1 saturated heterocycles. The zero-order chi connectivity index (χ0) is 13.3. The maximum atomic E-state index is 12.5. The Morgan fingerprint density at radius 2 is 2.06 bits per heavy atom. The number of nitriles is 1. The second-order valence-corrected chi connectivity index (χ2v) is 4.30. The third-order valence-corrected chi connectivity index (χ3v) is 3.00. The van der Waals surface area contributed by atoms with Crippen LogP contribution in [0.5, 0.6) is 0 Å². The maximum Gasteiger partial charge on any atom is 0.416 e. The van der Waals surface area contributed by atoms with Crippen molar-refractivity contribution in [3.05, 3.63) is 29.3 Å². The Bertz CT molecular complexity index is 487. The molecule has 0 bridgehead atoms. The smallest absolute Gasteiger partial charge is 0.396 e. The lowest BCUT2D eigenvalue weighted by Gasteiger charge is -2.40. The molecule has 0 saturated carbocycles. The Kier molecular flexibility index (Phi) is 3.18. The molecule has 0 atom stereocenters. The van der Waals surface area contributed by atoms with E-state index in [1.807, 2.05) is 0 Å². The summed E-state index contributed by atoms with van der Waals surface area (Å²) < 4.78 is 37.5. The summed E-state index contributed by atoms with van der Waals surface area (Å²) in [7, 11) is 0. The summed E-state index contributed by atoms with van der Waals surface area (Å²) in [4.78, 5) is 1.79. The van der Waals surface area contributed by atoms with Gasteiger partial charge in [-0.2, -0.15) is 18.4 Å². The number of halogens is 3. The van der Waals surface area contributed by atoms with Crippen molar-refractivity contribution < 1.29 is 18.3 Å². The normalized spacial score (nSPS) is 16.3. The summed E-state index contributed by atoms with van der Waals surface area (Å²) in [5.74, 6) is 0.138. The molecule has 0 aromatic heterocycles. The van der Waals surface area contributed by atoms with Crippen LogP contribution in [0.1, 0.15) is 11.1 Å². The Morgan fingerprint density at radius 3 is 2.56 bits per heavy atom. The van der Waals surface area contributed by atoms with E-state index in [1.54, 1.807) is 11.0 Å². The fourth-order valence-electron chi connectivity index (χ4n) is 1.96. The van der Waals surface area contributed by atoms with Gasteiger partial charge in [-0.3, -0.25) is 0 Å². The molecule has 0 spiro atoms. The van der Waals surface area contributed by atoms with Crippen LogP contribution in [0.2, 0.25) is 0 Å². The third kappa shape index (κ3) is 2.27. The highest BCUT2D eigenvalue weighted by Crippen LogP contribution is 2.34. The molecule has 1 fully saturated rings. The first-order valence-electron chi connectivity index (χ1n) is 5.43. The molecule has 3 nitrogen and oxygen atoms in total. The number of aliphatic hydroxyl groups is 1. The van der Waals surface area contributed by atoms with Gasteiger partial charge in [0.2, 0.25) is 0 Å². The SMILES string of the molecule is N#Cc1cc(C(F)(F)F)ccc1N1CC(CO)C1. The van der Waals surface area contributed by atoms with Crippen molar-refractivity contribution in [3.8, 4) is 6.07 Å². The molecule has 0 unspecified atom stereocenters. The number of benzene rings is 1. The molecule has 0 aliphatic carbocycles. The van der Waals surface area contributed by atoms with Crippen molar-refractivity contribution in [3.63, 3.8) is 0 Å². The molecule has 18 heavy (non-hydrogen) atoms. The van der Waals surface area contributed by atoms with E-state index >= 15 is 0 Å². The zero-order valence-corrected chi connectivity index (χ0v) is 9.41. The summed E-state index contributed by atoms with van der Waals surface area (Å²) in [5.41, 5.74) is -0.307. The van der Waals surface area contributed by atoms with E-state index in [0.29, 0.717) is 18.8 Å². The van der Waals surface area contributed by atoms with Crippen LogP contribution in [0.3, 0.4) is 0 Å². The van der Waals surface area contributed by atoms with Crippen molar-refractivity contribution in [1.82, 2.24) is 0 Å². The Labute approximate surface area is 102 Å². The lowest BCUT2D eigenvalue weighted by Crippen LogP contribution is -2.48. The van der Waals surface area contributed by atoms with E-state index in [0.717, 1.165) is 12.1 Å². The monoisotopic (exact) mass is 256 g/mol. The molecular weight excluding hydrogens is 245 g/mol. The molecule has 1 aromatic rings. The molecule has 1 aromatic carbocycles. The van der Waals surface area contributed by atoms with E-state index in [9.17, 15) is 13.2 Å². The van der Waals surface area contributed by atoms with Gasteiger partial charge in [0, 0.05) is 25.6 Å². The average Bonchev–Trinajstić information content (AvgIpc) is 2.26. The minimum absolute atomic E-state index is 0.0150. The molecule has 1 N–H and O–H groups in total. The topological polar surface area (TPSA) is 47.3 Å². The first-order valence-corrected chi connectivity index (χ1v) is 5.43. The highest BCUT2D eigenvalue weighted by Gasteiger charge is 2.33.